The SMILES string of the molecule is O=C1c2cccc(Br)c2C(=O)C2C(Br)=CC=CC12. The molecule has 1 aromatic rings. The number of carbonyl (C=O) groups is 2. The van der Waals surface area contributed by atoms with Crippen LogP contribution >= 0.6 is 31.9 Å². The van der Waals surface area contributed by atoms with E-state index in [0.717, 1.165) is 4.48 Å². The number of carbonyl (C=O) groups excluding carboxylic acids is 2. The molecule has 2 atom stereocenters. The molecule has 18 heavy (non-hydrogen) atoms. The van der Waals surface area contributed by atoms with Crippen molar-refractivity contribution in [3.05, 3.63) is 56.5 Å². The van der Waals surface area contributed by atoms with Gasteiger partial charge in [-0.1, -0.05) is 62.2 Å². The molecule has 2 aliphatic carbocycles. The van der Waals surface area contributed by atoms with E-state index in [-0.39, 0.29) is 17.5 Å². The summed E-state index contributed by atoms with van der Waals surface area (Å²) in [4.78, 5) is 25.0. The molecule has 0 fully saturated rings. The Kier molecular flexibility index (Phi) is 2.87. The van der Waals surface area contributed by atoms with Crippen LogP contribution in [0, 0.1) is 11.8 Å². The number of rotatable bonds is 0. The molecule has 0 bridgehead atoms. The quantitative estimate of drug-likeness (QED) is 0.696. The van der Waals surface area contributed by atoms with Crippen molar-refractivity contribution in [2.45, 2.75) is 0 Å². The summed E-state index contributed by atoms with van der Waals surface area (Å²) in [5, 5.41) is 0. The molecular weight excluding hydrogens is 360 g/mol. The maximum atomic E-state index is 12.5. The molecule has 2 nitrogen and oxygen atoms in total. The molecule has 0 radical (unpaired) electrons. The number of hydrogen-bond acceptors (Lipinski definition) is 2. The number of benzene rings is 1. The van der Waals surface area contributed by atoms with Crippen LogP contribution in [0.2, 0.25) is 0 Å². The first-order valence-corrected chi connectivity index (χ1v) is 7.10. The Morgan fingerprint density at radius 2 is 1.83 bits per heavy atom. The summed E-state index contributed by atoms with van der Waals surface area (Å²) in [5.41, 5.74) is 1.02. The molecule has 0 N–H and O–H groups in total. The topological polar surface area (TPSA) is 34.1 Å². The van der Waals surface area contributed by atoms with E-state index in [0.29, 0.717) is 15.6 Å². The summed E-state index contributed by atoms with van der Waals surface area (Å²) in [6, 6.07) is 5.29. The summed E-state index contributed by atoms with van der Waals surface area (Å²) in [7, 11) is 0. The van der Waals surface area contributed by atoms with Gasteiger partial charge in [0.15, 0.2) is 11.6 Å². The van der Waals surface area contributed by atoms with Crippen molar-refractivity contribution >= 4 is 43.4 Å². The van der Waals surface area contributed by atoms with Gasteiger partial charge in [0.05, 0.1) is 11.8 Å². The highest BCUT2D eigenvalue weighted by molar-refractivity contribution is 9.11. The minimum Gasteiger partial charge on any atom is -0.293 e. The number of fused-ring (bicyclic) bond motifs is 2. The fourth-order valence-corrected chi connectivity index (χ4v) is 3.70. The van der Waals surface area contributed by atoms with E-state index in [2.05, 4.69) is 31.9 Å². The zero-order valence-corrected chi connectivity index (χ0v) is 12.4. The van der Waals surface area contributed by atoms with E-state index >= 15 is 0 Å². The molecule has 0 spiro atoms. The number of Topliss-reactive ketones (excluding diaryl/α,β-unsaturated/α-hetero) is 2. The Morgan fingerprint density at radius 1 is 1.06 bits per heavy atom. The lowest BCUT2D eigenvalue weighted by molar-refractivity contribution is 0.0799. The normalized spacial score (nSPS) is 25.6. The van der Waals surface area contributed by atoms with Crippen LogP contribution < -0.4 is 0 Å². The molecule has 0 amide bonds. The van der Waals surface area contributed by atoms with Crippen molar-refractivity contribution < 1.29 is 9.59 Å². The van der Waals surface area contributed by atoms with Gasteiger partial charge < -0.3 is 0 Å². The molecule has 4 heteroatoms. The first-order valence-electron chi connectivity index (χ1n) is 5.52. The van der Waals surface area contributed by atoms with E-state index in [1.807, 2.05) is 12.2 Å². The number of halogens is 2. The second-order valence-electron chi connectivity index (χ2n) is 4.33. The molecule has 90 valence electrons. The summed E-state index contributed by atoms with van der Waals surface area (Å²) in [5.74, 6) is -0.779. The van der Waals surface area contributed by atoms with E-state index in [1.54, 1.807) is 24.3 Å². The first kappa shape index (κ1) is 12.1. The van der Waals surface area contributed by atoms with Crippen molar-refractivity contribution in [2.24, 2.45) is 11.8 Å². The average molecular weight is 368 g/mol. The molecular formula is C14H8Br2O2. The Hall–Kier alpha value is -1.00. The van der Waals surface area contributed by atoms with Crippen LogP contribution in [0.5, 0.6) is 0 Å². The van der Waals surface area contributed by atoms with E-state index in [1.165, 1.54) is 0 Å². The highest BCUT2D eigenvalue weighted by atomic mass is 79.9. The van der Waals surface area contributed by atoms with Crippen LogP contribution in [-0.2, 0) is 0 Å². The van der Waals surface area contributed by atoms with Gasteiger partial charge in [0.2, 0.25) is 0 Å². The average Bonchev–Trinajstić information content (AvgIpc) is 2.35. The predicted molar refractivity (Wildman–Crippen MR) is 75.9 cm³/mol. The van der Waals surface area contributed by atoms with Crippen LogP contribution in [0.15, 0.2) is 45.4 Å². The lowest BCUT2D eigenvalue weighted by Crippen LogP contribution is -2.37. The molecule has 0 aliphatic heterocycles. The zero-order chi connectivity index (χ0) is 12.9. The second-order valence-corrected chi connectivity index (χ2v) is 6.10. The van der Waals surface area contributed by atoms with Crippen LogP contribution in [-0.4, -0.2) is 11.6 Å². The Bertz CT molecular complexity index is 629. The van der Waals surface area contributed by atoms with E-state index in [4.69, 9.17) is 0 Å². The fourth-order valence-electron chi connectivity index (χ4n) is 2.50. The number of allylic oxidation sites excluding steroid dienone is 4. The third-order valence-corrected chi connectivity index (χ3v) is 4.76. The standard InChI is InChI=1S/C14H8Br2O2/c15-9-5-1-3-7-11(9)14(18)12-8(13(7)17)4-2-6-10(12)16/h1-7,11H. The van der Waals surface area contributed by atoms with Gasteiger partial charge in [-0.3, -0.25) is 9.59 Å². The lowest BCUT2D eigenvalue weighted by Gasteiger charge is -2.30. The van der Waals surface area contributed by atoms with Gasteiger partial charge in [0.1, 0.15) is 0 Å². The predicted octanol–water partition coefficient (Wildman–Crippen LogP) is 3.91. The van der Waals surface area contributed by atoms with Gasteiger partial charge in [-0.05, 0) is 6.07 Å². The molecule has 0 heterocycles. The minimum atomic E-state index is -0.409. The third-order valence-electron chi connectivity index (χ3n) is 3.34. The fraction of sp³-hybridized carbons (Fsp3) is 0.143. The smallest absolute Gasteiger partial charge is 0.173 e. The number of hydrogen-bond donors (Lipinski definition) is 0. The molecule has 0 saturated carbocycles. The van der Waals surface area contributed by atoms with Crippen molar-refractivity contribution in [1.29, 1.82) is 0 Å². The minimum absolute atomic E-state index is 0.00505. The Morgan fingerprint density at radius 3 is 2.61 bits per heavy atom. The second kappa shape index (κ2) is 4.28. The molecule has 2 aliphatic rings. The van der Waals surface area contributed by atoms with Crippen molar-refractivity contribution in [2.75, 3.05) is 0 Å². The molecule has 0 aromatic heterocycles. The van der Waals surface area contributed by atoms with Gasteiger partial charge in [-0.25, -0.2) is 0 Å². The molecule has 1 aromatic carbocycles. The van der Waals surface area contributed by atoms with Crippen LogP contribution in [0.25, 0.3) is 0 Å². The molecule has 2 unspecified atom stereocenters. The third kappa shape index (κ3) is 1.59. The van der Waals surface area contributed by atoms with E-state index < -0.39 is 5.92 Å². The summed E-state index contributed by atoms with van der Waals surface area (Å²) in [6.45, 7) is 0. The highest BCUT2D eigenvalue weighted by Crippen LogP contribution is 2.41. The summed E-state index contributed by atoms with van der Waals surface area (Å²) in [6.07, 6.45) is 5.45. The van der Waals surface area contributed by atoms with Gasteiger partial charge in [-0.2, -0.15) is 0 Å². The van der Waals surface area contributed by atoms with Crippen LogP contribution in [0.1, 0.15) is 20.7 Å². The zero-order valence-electron chi connectivity index (χ0n) is 9.19. The molecule has 3 rings (SSSR count). The van der Waals surface area contributed by atoms with Crippen LogP contribution in [0.4, 0.5) is 0 Å². The monoisotopic (exact) mass is 366 g/mol. The highest BCUT2D eigenvalue weighted by Gasteiger charge is 2.43. The van der Waals surface area contributed by atoms with Gasteiger partial charge in [0, 0.05) is 20.1 Å². The Balaban J connectivity index is 2.26. The van der Waals surface area contributed by atoms with Gasteiger partial charge in [0.25, 0.3) is 0 Å². The largest absolute Gasteiger partial charge is 0.293 e. The van der Waals surface area contributed by atoms with E-state index in [9.17, 15) is 9.59 Å². The van der Waals surface area contributed by atoms with Gasteiger partial charge in [-0.15, -0.1) is 0 Å². The number of ketones is 2. The lowest BCUT2D eigenvalue weighted by atomic mass is 9.72. The molecule has 0 saturated heterocycles. The van der Waals surface area contributed by atoms with Crippen LogP contribution in [0.3, 0.4) is 0 Å². The summed E-state index contributed by atoms with van der Waals surface area (Å²) >= 11 is 6.76. The van der Waals surface area contributed by atoms with Crippen molar-refractivity contribution in [3.8, 4) is 0 Å². The Labute approximate surface area is 121 Å². The maximum absolute atomic E-state index is 12.5. The first-order chi connectivity index (χ1) is 8.61. The maximum Gasteiger partial charge on any atom is 0.173 e. The summed E-state index contributed by atoms with van der Waals surface area (Å²) < 4.78 is 1.46. The van der Waals surface area contributed by atoms with Crippen molar-refractivity contribution in [3.63, 3.8) is 0 Å². The van der Waals surface area contributed by atoms with Gasteiger partial charge >= 0.3 is 0 Å². The van der Waals surface area contributed by atoms with Crippen molar-refractivity contribution in [1.82, 2.24) is 0 Å².